The molecule has 3 nitrogen and oxygen atoms in total. The zero-order valence-corrected chi connectivity index (χ0v) is 11.3. The van der Waals surface area contributed by atoms with Crippen LogP contribution < -0.4 is 4.72 Å². The fraction of sp³-hybridized carbons (Fsp3) is 0.333. The maximum Gasteiger partial charge on any atom is 0.417 e. The van der Waals surface area contributed by atoms with E-state index >= 15 is 0 Å². The van der Waals surface area contributed by atoms with Gasteiger partial charge in [-0.05, 0) is 6.42 Å². The van der Waals surface area contributed by atoms with Crippen molar-refractivity contribution in [2.75, 3.05) is 6.61 Å². The average Bonchev–Trinajstić information content (AvgIpc) is 2.37. The SMILES string of the molecule is CCCCOC(=O)NSC(=S)c1ccccc1. The Labute approximate surface area is 111 Å². The molecule has 0 aliphatic rings. The molecule has 0 saturated carbocycles. The van der Waals surface area contributed by atoms with E-state index in [0.717, 1.165) is 30.4 Å². The molecule has 1 rings (SSSR count). The zero-order valence-electron chi connectivity index (χ0n) is 9.64. The Balaban J connectivity index is 2.26. The average molecular weight is 269 g/mol. The van der Waals surface area contributed by atoms with Crippen LogP contribution in [0.1, 0.15) is 25.3 Å². The normalized spacial score (nSPS) is 9.71. The molecule has 0 radical (unpaired) electrons. The van der Waals surface area contributed by atoms with Crippen molar-refractivity contribution >= 4 is 34.5 Å². The molecule has 1 amide bonds. The Morgan fingerprint density at radius 2 is 2.12 bits per heavy atom. The van der Waals surface area contributed by atoms with Crippen molar-refractivity contribution in [1.82, 2.24) is 4.72 Å². The molecule has 0 aliphatic heterocycles. The summed E-state index contributed by atoms with van der Waals surface area (Å²) >= 11 is 6.27. The molecule has 0 spiro atoms. The van der Waals surface area contributed by atoms with Gasteiger partial charge in [-0.15, -0.1) is 0 Å². The third-order valence-corrected chi connectivity index (χ3v) is 3.14. The van der Waals surface area contributed by atoms with Crippen molar-refractivity contribution in [2.45, 2.75) is 19.8 Å². The molecule has 0 atom stereocenters. The van der Waals surface area contributed by atoms with Gasteiger partial charge in [-0.3, -0.25) is 4.72 Å². The number of carbonyl (C=O) groups is 1. The summed E-state index contributed by atoms with van der Waals surface area (Å²) in [6.45, 7) is 2.49. The number of benzene rings is 1. The van der Waals surface area contributed by atoms with E-state index in [2.05, 4.69) is 4.72 Å². The van der Waals surface area contributed by atoms with Gasteiger partial charge in [0.25, 0.3) is 0 Å². The predicted octanol–water partition coefficient (Wildman–Crippen LogP) is 3.54. The number of ether oxygens (including phenoxy) is 1. The van der Waals surface area contributed by atoms with E-state index in [1.165, 1.54) is 0 Å². The minimum absolute atomic E-state index is 0.443. The topological polar surface area (TPSA) is 38.3 Å². The number of hydrogen-bond acceptors (Lipinski definition) is 4. The fourth-order valence-electron chi connectivity index (χ4n) is 1.06. The van der Waals surface area contributed by atoms with Gasteiger partial charge in [0, 0.05) is 17.5 Å². The molecule has 1 N–H and O–H groups in total. The van der Waals surface area contributed by atoms with Crippen LogP contribution in [0.3, 0.4) is 0 Å². The fourth-order valence-corrected chi connectivity index (χ4v) is 1.81. The first-order valence-electron chi connectivity index (χ1n) is 5.43. The summed E-state index contributed by atoms with van der Waals surface area (Å²) in [6.07, 6.45) is 1.44. The highest BCUT2D eigenvalue weighted by molar-refractivity contribution is 8.22. The van der Waals surface area contributed by atoms with Crippen molar-refractivity contribution in [1.29, 1.82) is 0 Å². The van der Waals surface area contributed by atoms with Gasteiger partial charge in [0.05, 0.1) is 10.8 Å². The van der Waals surface area contributed by atoms with Crippen LogP contribution in [-0.4, -0.2) is 16.9 Å². The summed E-state index contributed by atoms with van der Waals surface area (Å²) in [5.41, 5.74) is 0.918. The van der Waals surface area contributed by atoms with Crippen LogP contribution in [0.25, 0.3) is 0 Å². The smallest absolute Gasteiger partial charge is 0.417 e. The van der Waals surface area contributed by atoms with Crippen LogP contribution in [0, 0.1) is 0 Å². The van der Waals surface area contributed by atoms with Crippen molar-refractivity contribution in [2.24, 2.45) is 0 Å². The molecule has 0 aromatic heterocycles. The second-order valence-electron chi connectivity index (χ2n) is 3.35. The van der Waals surface area contributed by atoms with Crippen LogP contribution in [0.2, 0.25) is 0 Å². The summed E-state index contributed by atoms with van der Waals surface area (Å²) in [5, 5.41) is 0. The van der Waals surface area contributed by atoms with E-state index in [9.17, 15) is 4.79 Å². The van der Waals surface area contributed by atoms with Gasteiger partial charge >= 0.3 is 6.09 Å². The predicted molar refractivity (Wildman–Crippen MR) is 75.1 cm³/mol. The Morgan fingerprint density at radius 3 is 2.76 bits per heavy atom. The highest BCUT2D eigenvalue weighted by Crippen LogP contribution is 2.10. The molecule has 17 heavy (non-hydrogen) atoms. The summed E-state index contributed by atoms with van der Waals surface area (Å²) in [6, 6.07) is 9.53. The monoisotopic (exact) mass is 269 g/mol. The minimum atomic E-state index is -0.443. The van der Waals surface area contributed by atoms with E-state index in [0.29, 0.717) is 10.8 Å². The number of hydrogen-bond donors (Lipinski definition) is 1. The van der Waals surface area contributed by atoms with E-state index < -0.39 is 6.09 Å². The first kappa shape index (κ1) is 14.0. The van der Waals surface area contributed by atoms with Crippen LogP contribution in [0.4, 0.5) is 4.79 Å². The van der Waals surface area contributed by atoms with Gasteiger partial charge < -0.3 is 4.74 Å². The molecular formula is C12H15NO2S2. The maximum absolute atomic E-state index is 11.2. The second-order valence-corrected chi connectivity index (χ2v) is 4.83. The van der Waals surface area contributed by atoms with Gasteiger partial charge in [0.15, 0.2) is 0 Å². The Bertz CT molecular complexity index is 368. The van der Waals surface area contributed by atoms with Crippen molar-refractivity contribution in [3.05, 3.63) is 35.9 Å². The molecule has 0 fully saturated rings. The molecule has 0 bridgehead atoms. The Hall–Kier alpha value is -1.07. The standard InChI is InChI=1S/C12H15NO2S2/c1-2-3-9-15-12(14)13-17-11(16)10-7-5-4-6-8-10/h4-8H,2-3,9H2,1H3,(H,13,14). The third-order valence-electron chi connectivity index (χ3n) is 1.97. The summed E-state index contributed by atoms with van der Waals surface area (Å²) in [7, 11) is 0. The van der Waals surface area contributed by atoms with E-state index in [4.69, 9.17) is 17.0 Å². The number of amides is 1. The largest absolute Gasteiger partial charge is 0.449 e. The van der Waals surface area contributed by atoms with Crippen LogP contribution in [-0.2, 0) is 4.74 Å². The zero-order chi connectivity index (χ0) is 12.5. The van der Waals surface area contributed by atoms with Gasteiger partial charge in [-0.2, -0.15) is 0 Å². The highest BCUT2D eigenvalue weighted by Gasteiger charge is 2.05. The third kappa shape index (κ3) is 5.70. The second kappa shape index (κ2) is 8.08. The lowest BCUT2D eigenvalue weighted by Crippen LogP contribution is -2.19. The van der Waals surface area contributed by atoms with Gasteiger partial charge in [-0.1, -0.05) is 55.9 Å². The number of rotatable bonds is 4. The quantitative estimate of drug-likeness (QED) is 0.515. The summed E-state index contributed by atoms with van der Waals surface area (Å²) in [5.74, 6) is 0. The molecule has 0 heterocycles. The summed E-state index contributed by atoms with van der Waals surface area (Å²) < 4.78 is 8.12. The van der Waals surface area contributed by atoms with E-state index in [1.54, 1.807) is 0 Å². The molecule has 0 saturated heterocycles. The Morgan fingerprint density at radius 1 is 1.41 bits per heavy atom. The molecule has 1 aromatic carbocycles. The molecule has 1 aromatic rings. The number of nitrogens with one attached hydrogen (secondary N) is 1. The number of unbranched alkanes of at least 4 members (excludes halogenated alkanes) is 1. The minimum Gasteiger partial charge on any atom is -0.449 e. The van der Waals surface area contributed by atoms with Crippen molar-refractivity contribution in [3.63, 3.8) is 0 Å². The molecule has 0 aliphatic carbocycles. The number of thiocarbonyl (C=S) groups is 1. The Kier molecular flexibility index (Phi) is 6.65. The van der Waals surface area contributed by atoms with Crippen molar-refractivity contribution in [3.8, 4) is 0 Å². The molecule has 92 valence electrons. The number of carbonyl (C=O) groups excluding carboxylic acids is 1. The molecule has 5 heteroatoms. The van der Waals surface area contributed by atoms with Crippen LogP contribution >= 0.6 is 24.2 Å². The maximum atomic E-state index is 11.2. The first-order valence-corrected chi connectivity index (χ1v) is 6.65. The lowest BCUT2D eigenvalue weighted by Gasteiger charge is -2.06. The van der Waals surface area contributed by atoms with E-state index in [1.807, 2.05) is 37.3 Å². The summed E-state index contributed by atoms with van der Waals surface area (Å²) in [4.78, 5) is 11.2. The van der Waals surface area contributed by atoms with Crippen LogP contribution in [0.5, 0.6) is 0 Å². The lowest BCUT2D eigenvalue weighted by atomic mass is 10.2. The molecular weight excluding hydrogens is 254 g/mol. The lowest BCUT2D eigenvalue weighted by molar-refractivity contribution is 0.151. The van der Waals surface area contributed by atoms with Gasteiger partial charge in [0.2, 0.25) is 0 Å². The molecule has 0 unspecified atom stereocenters. The first-order chi connectivity index (χ1) is 8.24. The van der Waals surface area contributed by atoms with Gasteiger partial charge in [-0.25, -0.2) is 4.79 Å². The van der Waals surface area contributed by atoms with E-state index in [-0.39, 0.29) is 0 Å². The van der Waals surface area contributed by atoms with Gasteiger partial charge in [0.1, 0.15) is 0 Å². The highest BCUT2D eigenvalue weighted by atomic mass is 32.2. The van der Waals surface area contributed by atoms with Crippen LogP contribution in [0.15, 0.2) is 30.3 Å². The van der Waals surface area contributed by atoms with Crippen molar-refractivity contribution < 1.29 is 9.53 Å².